The van der Waals surface area contributed by atoms with Crippen LogP contribution in [0.1, 0.15) is 70.3 Å². The van der Waals surface area contributed by atoms with Crippen LogP contribution in [0.3, 0.4) is 0 Å². The van der Waals surface area contributed by atoms with Crippen LogP contribution in [0.4, 0.5) is 0 Å². The van der Waals surface area contributed by atoms with Crippen molar-refractivity contribution in [2.45, 2.75) is 64.7 Å². The fraction of sp³-hybridized carbons (Fsp3) is 0.500. The molecule has 1 unspecified atom stereocenters. The fourth-order valence-electron chi connectivity index (χ4n) is 2.52. The van der Waals surface area contributed by atoms with E-state index >= 15 is 0 Å². The van der Waals surface area contributed by atoms with E-state index < -0.39 is 0 Å². The molecule has 20 heavy (non-hydrogen) atoms. The molecule has 0 saturated heterocycles. The summed E-state index contributed by atoms with van der Waals surface area (Å²) in [6.07, 6.45) is 17.9. The highest BCUT2D eigenvalue weighted by molar-refractivity contribution is 5.20. The predicted molar refractivity (Wildman–Crippen MR) is 91.1 cm³/mol. The zero-order valence-electron chi connectivity index (χ0n) is 13.2. The second-order valence-corrected chi connectivity index (χ2v) is 5.46. The summed E-state index contributed by atoms with van der Waals surface area (Å²) >= 11 is 0. The predicted octanol–water partition coefficient (Wildman–Crippen LogP) is 6.65. The third-order valence-corrected chi connectivity index (χ3v) is 3.75. The molecule has 0 spiro atoms. The van der Waals surface area contributed by atoms with Gasteiger partial charge in [-0.1, -0.05) is 80.8 Å². The number of rotatable bonds is 10. The minimum atomic E-state index is 0.695. The van der Waals surface area contributed by atoms with E-state index in [9.17, 15) is 0 Å². The summed E-state index contributed by atoms with van der Waals surface area (Å²) in [6.45, 7) is 4.36. The summed E-state index contributed by atoms with van der Waals surface area (Å²) in [5.74, 6) is 0.695. The molecular formula is C20H30. The van der Waals surface area contributed by atoms with E-state index in [-0.39, 0.29) is 0 Å². The maximum Gasteiger partial charge on any atom is -0.0127 e. The summed E-state index contributed by atoms with van der Waals surface area (Å²) in [5.41, 5.74) is 1.50. The molecule has 0 nitrogen and oxygen atoms in total. The van der Waals surface area contributed by atoms with E-state index in [2.05, 4.69) is 68.5 Å². The van der Waals surface area contributed by atoms with Crippen molar-refractivity contribution in [2.24, 2.45) is 0 Å². The second-order valence-electron chi connectivity index (χ2n) is 5.46. The molecule has 0 aliphatic heterocycles. The molecule has 0 heterocycles. The van der Waals surface area contributed by atoms with Gasteiger partial charge >= 0.3 is 0 Å². The van der Waals surface area contributed by atoms with Crippen molar-refractivity contribution in [3.8, 4) is 0 Å². The Morgan fingerprint density at radius 2 is 1.70 bits per heavy atom. The Balaban J connectivity index is 2.46. The smallest absolute Gasteiger partial charge is 0.0127 e. The molecule has 1 aromatic rings. The molecule has 0 fully saturated rings. The van der Waals surface area contributed by atoms with Gasteiger partial charge in [0.2, 0.25) is 0 Å². The first-order valence-corrected chi connectivity index (χ1v) is 8.19. The molecule has 0 radical (unpaired) electrons. The van der Waals surface area contributed by atoms with E-state index in [1.807, 2.05) is 0 Å². The highest BCUT2D eigenvalue weighted by Crippen LogP contribution is 2.26. The average molecular weight is 270 g/mol. The quantitative estimate of drug-likeness (QED) is 0.329. The van der Waals surface area contributed by atoms with Crippen molar-refractivity contribution in [3.63, 3.8) is 0 Å². The van der Waals surface area contributed by atoms with Crippen molar-refractivity contribution in [3.05, 3.63) is 60.2 Å². The number of benzene rings is 1. The molecule has 0 aliphatic rings. The van der Waals surface area contributed by atoms with E-state index in [1.165, 1.54) is 50.5 Å². The molecule has 110 valence electrons. The van der Waals surface area contributed by atoms with Crippen LogP contribution in [0.2, 0.25) is 0 Å². The van der Waals surface area contributed by atoms with Crippen molar-refractivity contribution >= 4 is 0 Å². The van der Waals surface area contributed by atoms with Crippen LogP contribution >= 0.6 is 0 Å². The lowest BCUT2D eigenvalue weighted by atomic mass is 9.90. The van der Waals surface area contributed by atoms with E-state index in [0.29, 0.717) is 5.92 Å². The Labute approximate surface area is 125 Å². The lowest BCUT2D eigenvalue weighted by Crippen LogP contribution is -1.97. The van der Waals surface area contributed by atoms with Crippen LogP contribution < -0.4 is 0 Å². The molecule has 0 N–H and O–H groups in total. The molecule has 0 amide bonds. The number of hydrogen-bond acceptors (Lipinski definition) is 0. The maximum atomic E-state index is 2.38. The van der Waals surface area contributed by atoms with E-state index in [1.54, 1.807) is 0 Å². The maximum absolute atomic E-state index is 2.38. The Kier molecular flexibility index (Phi) is 9.65. The van der Waals surface area contributed by atoms with Crippen molar-refractivity contribution in [1.82, 2.24) is 0 Å². The van der Waals surface area contributed by atoms with Gasteiger partial charge in [-0.25, -0.2) is 0 Å². The Bertz CT molecular complexity index is 372. The topological polar surface area (TPSA) is 0 Å². The van der Waals surface area contributed by atoms with Crippen molar-refractivity contribution < 1.29 is 0 Å². The van der Waals surface area contributed by atoms with Crippen LogP contribution in [-0.2, 0) is 0 Å². The van der Waals surface area contributed by atoms with Gasteiger partial charge in [-0.05, 0) is 44.1 Å². The summed E-state index contributed by atoms with van der Waals surface area (Å²) in [6, 6.07) is 11.0. The monoisotopic (exact) mass is 270 g/mol. The van der Waals surface area contributed by atoms with Crippen LogP contribution in [0.15, 0.2) is 54.6 Å². The molecule has 0 aromatic heterocycles. The van der Waals surface area contributed by atoms with Crippen LogP contribution in [0.5, 0.6) is 0 Å². The summed E-state index contributed by atoms with van der Waals surface area (Å²) in [5, 5.41) is 0. The number of hydrogen-bond donors (Lipinski definition) is 0. The molecule has 0 saturated carbocycles. The standard InChI is InChI=1S/C20H30/c1-3-5-7-8-9-12-16-19(15-11-6-4-2)20-17-13-10-14-18-20/h3,5,9-10,12-14,17-19H,4,6-8,11,15-16H2,1-2H3. The molecule has 0 aliphatic carbocycles. The summed E-state index contributed by atoms with van der Waals surface area (Å²) in [4.78, 5) is 0. The molecule has 1 atom stereocenters. The minimum absolute atomic E-state index is 0.695. The van der Waals surface area contributed by atoms with Crippen LogP contribution in [-0.4, -0.2) is 0 Å². The normalized spacial score (nSPS) is 13.3. The molecule has 1 rings (SSSR count). The number of unbranched alkanes of at least 4 members (excludes halogenated alkanes) is 3. The third-order valence-electron chi connectivity index (χ3n) is 3.75. The minimum Gasteiger partial charge on any atom is -0.0917 e. The zero-order valence-corrected chi connectivity index (χ0v) is 13.2. The van der Waals surface area contributed by atoms with Gasteiger partial charge in [0, 0.05) is 0 Å². The average Bonchev–Trinajstić information content (AvgIpc) is 2.50. The lowest BCUT2D eigenvalue weighted by Gasteiger charge is -2.15. The fourth-order valence-corrected chi connectivity index (χ4v) is 2.52. The highest BCUT2D eigenvalue weighted by Gasteiger charge is 2.08. The van der Waals surface area contributed by atoms with Crippen LogP contribution in [0, 0.1) is 0 Å². The zero-order chi connectivity index (χ0) is 14.5. The van der Waals surface area contributed by atoms with Gasteiger partial charge in [-0.3, -0.25) is 0 Å². The Morgan fingerprint density at radius 3 is 2.40 bits per heavy atom. The van der Waals surface area contributed by atoms with Crippen molar-refractivity contribution in [2.75, 3.05) is 0 Å². The SMILES string of the molecule is CC=CCCC=CCC(CCCCC)c1ccccc1. The molecule has 0 heteroatoms. The second kappa shape index (κ2) is 11.5. The Morgan fingerprint density at radius 1 is 0.950 bits per heavy atom. The van der Waals surface area contributed by atoms with Gasteiger partial charge in [0.15, 0.2) is 0 Å². The third kappa shape index (κ3) is 7.33. The van der Waals surface area contributed by atoms with E-state index in [0.717, 1.165) is 0 Å². The first-order valence-electron chi connectivity index (χ1n) is 8.19. The first-order chi connectivity index (χ1) is 9.88. The lowest BCUT2D eigenvalue weighted by molar-refractivity contribution is 0.570. The van der Waals surface area contributed by atoms with Gasteiger partial charge in [-0.15, -0.1) is 0 Å². The molecule has 0 bridgehead atoms. The summed E-state index contributed by atoms with van der Waals surface area (Å²) in [7, 11) is 0. The van der Waals surface area contributed by atoms with Gasteiger partial charge in [0.05, 0.1) is 0 Å². The van der Waals surface area contributed by atoms with Gasteiger partial charge in [0.25, 0.3) is 0 Å². The van der Waals surface area contributed by atoms with Crippen LogP contribution in [0.25, 0.3) is 0 Å². The van der Waals surface area contributed by atoms with Gasteiger partial charge < -0.3 is 0 Å². The van der Waals surface area contributed by atoms with E-state index in [4.69, 9.17) is 0 Å². The Hall–Kier alpha value is -1.30. The van der Waals surface area contributed by atoms with Gasteiger partial charge in [0.1, 0.15) is 0 Å². The highest BCUT2D eigenvalue weighted by atomic mass is 14.1. The van der Waals surface area contributed by atoms with Crippen molar-refractivity contribution in [1.29, 1.82) is 0 Å². The largest absolute Gasteiger partial charge is 0.0917 e. The molecule has 1 aromatic carbocycles. The van der Waals surface area contributed by atoms with Gasteiger partial charge in [-0.2, -0.15) is 0 Å². The number of allylic oxidation sites excluding steroid dienone is 4. The molecular weight excluding hydrogens is 240 g/mol. The summed E-state index contributed by atoms with van der Waals surface area (Å²) < 4.78 is 0. The first kappa shape index (κ1) is 16.8.